The van der Waals surface area contributed by atoms with Crippen molar-refractivity contribution in [2.75, 3.05) is 13.6 Å². The standard InChI is InChI=1S/C13H15ClN2OS/c1-15(8-10-5-6-13(14)18-10)9-12(17)11-4-3-7-16(11)2/h3-7H,8-9H2,1-2H3. The van der Waals surface area contributed by atoms with Crippen LogP contribution in [0.3, 0.4) is 0 Å². The molecule has 0 bridgehead atoms. The highest BCUT2D eigenvalue weighted by atomic mass is 35.5. The summed E-state index contributed by atoms with van der Waals surface area (Å²) in [6.45, 7) is 1.15. The SMILES string of the molecule is CN(CC(=O)c1cccn1C)Cc1ccc(Cl)s1. The van der Waals surface area contributed by atoms with Crippen molar-refractivity contribution in [2.45, 2.75) is 6.54 Å². The van der Waals surface area contributed by atoms with Gasteiger partial charge in [-0.25, -0.2) is 0 Å². The molecule has 0 aliphatic carbocycles. The Morgan fingerprint density at radius 3 is 2.78 bits per heavy atom. The predicted molar refractivity (Wildman–Crippen MR) is 75.4 cm³/mol. The molecular weight excluding hydrogens is 268 g/mol. The minimum atomic E-state index is 0.132. The number of aryl methyl sites for hydroxylation is 1. The third-order valence-electron chi connectivity index (χ3n) is 2.70. The average molecular weight is 283 g/mol. The molecule has 0 spiro atoms. The minimum absolute atomic E-state index is 0.132. The van der Waals surface area contributed by atoms with Gasteiger partial charge in [0.15, 0.2) is 5.78 Å². The number of halogens is 1. The van der Waals surface area contributed by atoms with Crippen LogP contribution in [-0.4, -0.2) is 28.8 Å². The second-order valence-corrected chi connectivity index (χ2v) is 6.11. The summed E-state index contributed by atoms with van der Waals surface area (Å²) in [6.07, 6.45) is 1.88. The Kier molecular flexibility index (Phi) is 4.22. The Balaban J connectivity index is 1.93. The smallest absolute Gasteiger partial charge is 0.193 e. The van der Waals surface area contributed by atoms with E-state index in [4.69, 9.17) is 11.6 Å². The molecular formula is C13H15ClN2OS. The number of nitrogens with zero attached hydrogens (tertiary/aromatic N) is 2. The zero-order valence-electron chi connectivity index (χ0n) is 10.4. The van der Waals surface area contributed by atoms with E-state index in [-0.39, 0.29) is 5.78 Å². The minimum Gasteiger partial charge on any atom is -0.348 e. The summed E-state index contributed by atoms with van der Waals surface area (Å²) in [6, 6.07) is 7.61. The maximum atomic E-state index is 12.0. The molecule has 0 amide bonds. The molecule has 0 aliphatic rings. The largest absolute Gasteiger partial charge is 0.348 e. The molecule has 5 heteroatoms. The fourth-order valence-corrected chi connectivity index (χ4v) is 3.00. The summed E-state index contributed by atoms with van der Waals surface area (Å²) in [4.78, 5) is 15.2. The molecule has 2 aromatic rings. The quantitative estimate of drug-likeness (QED) is 0.788. The Morgan fingerprint density at radius 2 is 2.22 bits per heavy atom. The van der Waals surface area contributed by atoms with Crippen LogP contribution < -0.4 is 0 Å². The molecule has 0 saturated heterocycles. The van der Waals surface area contributed by atoms with Crippen LogP contribution in [0.2, 0.25) is 4.34 Å². The van der Waals surface area contributed by atoms with Crippen LogP contribution in [0, 0.1) is 0 Å². The summed E-state index contributed by atoms with van der Waals surface area (Å²) in [5.74, 6) is 0.132. The Labute approximate surface area is 116 Å². The molecule has 0 aliphatic heterocycles. The van der Waals surface area contributed by atoms with Gasteiger partial charge in [-0.15, -0.1) is 11.3 Å². The van der Waals surface area contributed by atoms with Crippen LogP contribution >= 0.6 is 22.9 Å². The second kappa shape index (κ2) is 5.69. The van der Waals surface area contributed by atoms with Gasteiger partial charge in [0.05, 0.1) is 16.6 Å². The topological polar surface area (TPSA) is 25.2 Å². The van der Waals surface area contributed by atoms with E-state index < -0.39 is 0 Å². The number of rotatable bonds is 5. The zero-order chi connectivity index (χ0) is 13.1. The lowest BCUT2D eigenvalue weighted by Gasteiger charge is -2.14. The van der Waals surface area contributed by atoms with E-state index in [1.165, 1.54) is 4.88 Å². The van der Waals surface area contributed by atoms with Crippen LogP contribution in [0.1, 0.15) is 15.4 Å². The molecule has 0 aromatic carbocycles. The third kappa shape index (κ3) is 3.22. The number of carbonyl (C=O) groups excluding carboxylic acids is 1. The normalized spacial score (nSPS) is 11.1. The van der Waals surface area contributed by atoms with E-state index >= 15 is 0 Å². The highest BCUT2D eigenvalue weighted by Crippen LogP contribution is 2.22. The van der Waals surface area contributed by atoms with Crippen molar-refractivity contribution in [3.05, 3.63) is 45.4 Å². The fourth-order valence-electron chi connectivity index (χ4n) is 1.84. The molecule has 96 valence electrons. The molecule has 0 atom stereocenters. The zero-order valence-corrected chi connectivity index (χ0v) is 12.0. The maximum Gasteiger partial charge on any atom is 0.193 e. The van der Waals surface area contributed by atoms with Crippen molar-refractivity contribution < 1.29 is 4.79 Å². The Bertz CT molecular complexity index is 547. The molecule has 0 N–H and O–H groups in total. The van der Waals surface area contributed by atoms with Gasteiger partial charge in [-0.05, 0) is 31.3 Å². The molecule has 0 unspecified atom stereocenters. The highest BCUT2D eigenvalue weighted by Gasteiger charge is 2.12. The van der Waals surface area contributed by atoms with E-state index in [2.05, 4.69) is 0 Å². The van der Waals surface area contributed by atoms with E-state index in [9.17, 15) is 4.79 Å². The number of thiophene rings is 1. The lowest BCUT2D eigenvalue weighted by molar-refractivity contribution is 0.0935. The molecule has 0 saturated carbocycles. The van der Waals surface area contributed by atoms with Crippen LogP contribution in [0.4, 0.5) is 0 Å². The second-order valence-electron chi connectivity index (χ2n) is 4.31. The first-order valence-corrected chi connectivity index (χ1v) is 6.83. The van der Waals surface area contributed by atoms with Gasteiger partial charge in [-0.1, -0.05) is 11.6 Å². The number of hydrogen-bond acceptors (Lipinski definition) is 3. The number of ketones is 1. The number of aromatic nitrogens is 1. The van der Waals surface area contributed by atoms with Crippen LogP contribution in [0.5, 0.6) is 0 Å². The summed E-state index contributed by atoms with van der Waals surface area (Å²) >= 11 is 7.43. The number of carbonyl (C=O) groups is 1. The van der Waals surface area contributed by atoms with Crippen molar-refractivity contribution in [1.82, 2.24) is 9.47 Å². The van der Waals surface area contributed by atoms with Gasteiger partial charge >= 0.3 is 0 Å². The predicted octanol–water partition coefficient (Wildman–Crippen LogP) is 3.05. The van der Waals surface area contributed by atoms with E-state index in [1.807, 2.05) is 54.0 Å². The van der Waals surface area contributed by atoms with Gasteiger partial charge < -0.3 is 4.57 Å². The number of Topliss-reactive ketones (excluding diaryl/α,β-unsaturated/α-hetero) is 1. The highest BCUT2D eigenvalue weighted by molar-refractivity contribution is 7.16. The van der Waals surface area contributed by atoms with Gasteiger partial charge in [0.25, 0.3) is 0 Å². The molecule has 2 heterocycles. The van der Waals surface area contributed by atoms with Crippen LogP contribution in [0.25, 0.3) is 0 Å². The molecule has 3 nitrogen and oxygen atoms in total. The van der Waals surface area contributed by atoms with Crippen molar-refractivity contribution in [1.29, 1.82) is 0 Å². The third-order valence-corrected chi connectivity index (χ3v) is 3.91. The summed E-state index contributed by atoms with van der Waals surface area (Å²) in [5.41, 5.74) is 0.742. The van der Waals surface area contributed by atoms with Crippen molar-refractivity contribution in [3.63, 3.8) is 0 Å². The van der Waals surface area contributed by atoms with Crippen LogP contribution in [-0.2, 0) is 13.6 Å². The van der Waals surface area contributed by atoms with E-state index in [0.717, 1.165) is 16.6 Å². The summed E-state index contributed by atoms with van der Waals surface area (Å²) in [5, 5.41) is 0. The first-order valence-electron chi connectivity index (χ1n) is 5.63. The Morgan fingerprint density at radius 1 is 1.44 bits per heavy atom. The van der Waals surface area contributed by atoms with Crippen molar-refractivity contribution in [3.8, 4) is 0 Å². The van der Waals surface area contributed by atoms with Gasteiger partial charge in [-0.2, -0.15) is 0 Å². The van der Waals surface area contributed by atoms with E-state index in [0.29, 0.717) is 6.54 Å². The first kappa shape index (κ1) is 13.3. The van der Waals surface area contributed by atoms with Crippen molar-refractivity contribution >= 4 is 28.7 Å². The molecule has 18 heavy (non-hydrogen) atoms. The molecule has 0 radical (unpaired) electrons. The molecule has 0 fully saturated rings. The molecule has 2 rings (SSSR count). The summed E-state index contributed by atoms with van der Waals surface area (Å²) < 4.78 is 2.63. The number of hydrogen-bond donors (Lipinski definition) is 0. The first-order chi connectivity index (χ1) is 8.56. The fraction of sp³-hybridized carbons (Fsp3) is 0.308. The number of likely N-dealkylation sites (N-methyl/N-ethyl adjacent to an activating group) is 1. The van der Waals surface area contributed by atoms with Crippen LogP contribution in [0.15, 0.2) is 30.5 Å². The van der Waals surface area contributed by atoms with E-state index in [1.54, 1.807) is 11.3 Å². The van der Waals surface area contributed by atoms with Gasteiger partial charge in [0.2, 0.25) is 0 Å². The lowest BCUT2D eigenvalue weighted by Crippen LogP contribution is -2.26. The summed E-state index contributed by atoms with van der Waals surface area (Å²) in [7, 11) is 3.82. The van der Waals surface area contributed by atoms with Gasteiger partial charge in [0.1, 0.15) is 0 Å². The van der Waals surface area contributed by atoms with Gasteiger partial charge in [0, 0.05) is 24.7 Å². The Hall–Kier alpha value is -1.10. The monoisotopic (exact) mass is 282 g/mol. The maximum absolute atomic E-state index is 12.0. The van der Waals surface area contributed by atoms with Crippen molar-refractivity contribution in [2.24, 2.45) is 7.05 Å². The molecule has 2 aromatic heterocycles. The lowest BCUT2D eigenvalue weighted by atomic mass is 10.2. The average Bonchev–Trinajstić information content (AvgIpc) is 2.87. The van der Waals surface area contributed by atoms with Gasteiger partial charge in [-0.3, -0.25) is 9.69 Å².